The van der Waals surface area contributed by atoms with E-state index in [-0.39, 0.29) is 11.5 Å². The first-order chi connectivity index (χ1) is 18.2. The number of sulfone groups is 1. The Bertz CT molecular complexity index is 1450. The fourth-order valence-electron chi connectivity index (χ4n) is 5.42. The van der Waals surface area contributed by atoms with Gasteiger partial charge in [-0.1, -0.05) is 6.92 Å². The number of pyridine rings is 1. The third kappa shape index (κ3) is 4.99. The Hall–Kier alpha value is -2.41. The Balaban J connectivity index is 1.36. The molecule has 0 aromatic carbocycles. The summed E-state index contributed by atoms with van der Waals surface area (Å²) in [4.78, 5) is 19.2. The molecule has 3 aliphatic carbocycles. The first kappa shape index (κ1) is 25.8. The number of fused-ring (bicyclic) bond motifs is 1. The highest BCUT2D eigenvalue weighted by molar-refractivity contribution is 7.91. The molecule has 0 amide bonds. The number of aliphatic hydroxyl groups excluding tert-OH is 2. The van der Waals surface area contributed by atoms with E-state index in [1.807, 2.05) is 19.2 Å². The van der Waals surface area contributed by atoms with Gasteiger partial charge >= 0.3 is 0 Å². The molecule has 6 rings (SSSR count). The lowest BCUT2D eigenvalue weighted by Gasteiger charge is -2.27. The van der Waals surface area contributed by atoms with Crippen molar-refractivity contribution in [3.05, 3.63) is 23.7 Å². The van der Waals surface area contributed by atoms with Crippen LogP contribution in [0.5, 0.6) is 0 Å². The van der Waals surface area contributed by atoms with Crippen LogP contribution in [0, 0.1) is 12.8 Å². The number of hydrogen-bond donors (Lipinski definition) is 4. The number of nitrogens with one attached hydrogen (secondary N) is 2. The summed E-state index contributed by atoms with van der Waals surface area (Å²) in [6.07, 6.45) is 5.47. The molecule has 12 heteroatoms. The summed E-state index contributed by atoms with van der Waals surface area (Å²) >= 11 is 1.56. The summed E-state index contributed by atoms with van der Waals surface area (Å²) in [6, 6.07) is 1.75. The zero-order chi connectivity index (χ0) is 26.6. The van der Waals surface area contributed by atoms with Gasteiger partial charge in [0.2, 0.25) is 5.95 Å². The van der Waals surface area contributed by atoms with Crippen molar-refractivity contribution in [2.24, 2.45) is 5.92 Å². The number of aliphatic hydroxyl groups is 2. The normalized spacial score (nSPS) is 26.0. The van der Waals surface area contributed by atoms with Crippen LogP contribution in [0.15, 0.2) is 12.3 Å². The van der Waals surface area contributed by atoms with E-state index in [9.17, 15) is 18.6 Å². The standard InChI is InChI=1S/C26H34N6O4S2/c1-3-38(35,36)12-15-11-17(23(34)22(15)33)30-24-19(13(2)28-26(32-24)29-16-5-4-6-16)25-31-21-18(37-25)9-10-27-20(21)14-7-8-14/h9-10,14-17,22-23,33-34H,3-8,11-12H2,1-2H3,(H2,28,29,30,32)/t15-,17?,22-,23+/m1/s1. The Morgan fingerprint density at radius 3 is 2.55 bits per heavy atom. The van der Waals surface area contributed by atoms with Crippen LogP contribution in [0.2, 0.25) is 0 Å². The van der Waals surface area contributed by atoms with Crippen LogP contribution in [-0.2, 0) is 9.84 Å². The molecule has 204 valence electrons. The molecule has 0 radical (unpaired) electrons. The molecule has 4 atom stereocenters. The molecule has 0 aliphatic heterocycles. The molecule has 3 saturated carbocycles. The van der Waals surface area contributed by atoms with E-state index in [1.54, 1.807) is 18.3 Å². The van der Waals surface area contributed by atoms with Gasteiger partial charge in [-0.2, -0.15) is 4.98 Å². The predicted molar refractivity (Wildman–Crippen MR) is 148 cm³/mol. The second-order valence-electron chi connectivity index (χ2n) is 10.9. The summed E-state index contributed by atoms with van der Waals surface area (Å²) in [5, 5.41) is 29.1. The monoisotopic (exact) mass is 558 g/mol. The van der Waals surface area contributed by atoms with Crippen LogP contribution < -0.4 is 10.6 Å². The minimum atomic E-state index is -3.30. The van der Waals surface area contributed by atoms with E-state index in [1.165, 1.54) is 6.42 Å². The van der Waals surface area contributed by atoms with Crippen LogP contribution in [0.25, 0.3) is 20.8 Å². The van der Waals surface area contributed by atoms with Gasteiger partial charge in [-0.3, -0.25) is 4.98 Å². The van der Waals surface area contributed by atoms with Gasteiger partial charge in [0.15, 0.2) is 0 Å². The average molecular weight is 559 g/mol. The van der Waals surface area contributed by atoms with Gasteiger partial charge in [-0.15, -0.1) is 11.3 Å². The fraction of sp³-hybridized carbons (Fsp3) is 0.615. The molecule has 3 aromatic rings. The van der Waals surface area contributed by atoms with Crippen molar-refractivity contribution in [2.75, 3.05) is 22.1 Å². The number of rotatable bonds is 9. The van der Waals surface area contributed by atoms with E-state index in [4.69, 9.17) is 15.0 Å². The molecule has 10 nitrogen and oxygen atoms in total. The Kier molecular flexibility index (Phi) is 6.78. The van der Waals surface area contributed by atoms with Gasteiger partial charge in [0, 0.05) is 29.8 Å². The average Bonchev–Trinajstić information content (AvgIpc) is 3.56. The molecule has 4 N–H and O–H groups in total. The van der Waals surface area contributed by atoms with Crippen LogP contribution in [0.3, 0.4) is 0 Å². The molecule has 38 heavy (non-hydrogen) atoms. The summed E-state index contributed by atoms with van der Waals surface area (Å²) in [5.74, 6) is 0.794. The van der Waals surface area contributed by atoms with Gasteiger partial charge in [0.25, 0.3) is 0 Å². The number of thiazole rings is 1. The molecular weight excluding hydrogens is 524 g/mol. The highest BCUT2D eigenvalue weighted by Crippen LogP contribution is 2.44. The number of hydrogen-bond acceptors (Lipinski definition) is 11. The van der Waals surface area contributed by atoms with Gasteiger partial charge in [-0.25, -0.2) is 18.4 Å². The second-order valence-corrected chi connectivity index (χ2v) is 14.3. The van der Waals surface area contributed by atoms with Crippen molar-refractivity contribution in [3.8, 4) is 10.6 Å². The predicted octanol–water partition coefficient (Wildman–Crippen LogP) is 3.26. The lowest BCUT2D eigenvalue weighted by molar-refractivity contribution is 0.0216. The highest BCUT2D eigenvalue weighted by Gasteiger charge is 2.43. The van der Waals surface area contributed by atoms with E-state index in [0.717, 1.165) is 57.9 Å². The SMILES string of the molecule is CCS(=O)(=O)C[C@H]1CC(Nc2nc(NC3CCC3)nc(C)c2-c2nc3c(C4CC4)nccc3s2)[C@H](O)[C@@H]1O. The third-order valence-corrected chi connectivity index (χ3v) is 10.9. The van der Waals surface area contributed by atoms with Crippen molar-refractivity contribution < 1.29 is 18.6 Å². The van der Waals surface area contributed by atoms with Gasteiger partial charge in [0.05, 0.1) is 39.5 Å². The minimum Gasteiger partial charge on any atom is -0.390 e. The van der Waals surface area contributed by atoms with E-state index in [0.29, 0.717) is 30.1 Å². The third-order valence-electron chi connectivity index (χ3n) is 8.07. The molecular formula is C26H34N6O4S2. The maximum Gasteiger partial charge on any atom is 0.225 e. The van der Waals surface area contributed by atoms with Crippen molar-refractivity contribution >= 4 is 43.2 Å². The topological polar surface area (TPSA) is 150 Å². The zero-order valence-electron chi connectivity index (χ0n) is 21.6. The van der Waals surface area contributed by atoms with Crippen molar-refractivity contribution in [3.63, 3.8) is 0 Å². The van der Waals surface area contributed by atoms with E-state index >= 15 is 0 Å². The van der Waals surface area contributed by atoms with Crippen LogP contribution in [0.4, 0.5) is 11.8 Å². The summed E-state index contributed by atoms with van der Waals surface area (Å²) in [5.41, 5.74) is 3.45. The smallest absolute Gasteiger partial charge is 0.225 e. The number of aryl methyl sites for hydroxylation is 1. The lowest BCUT2D eigenvalue weighted by atomic mass is 9.93. The Morgan fingerprint density at radius 2 is 1.87 bits per heavy atom. The first-order valence-electron chi connectivity index (χ1n) is 13.5. The Labute approximate surface area is 226 Å². The second kappa shape index (κ2) is 9.96. The van der Waals surface area contributed by atoms with Crippen LogP contribution in [0.1, 0.15) is 62.8 Å². The van der Waals surface area contributed by atoms with E-state index < -0.39 is 34.0 Å². The van der Waals surface area contributed by atoms with Crippen molar-refractivity contribution in [1.29, 1.82) is 0 Å². The maximum atomic E-state index is 12.2. The molecule has 1 unspecified atom stereocenters. The van der Waals surface area contributed by atoms with Gasteiger partial charge in [0.1, 0.15) is 32.3 Å². The summed E-state index contributed by atoms with van der Waals surface area (Å²) in [6.45, 7) is 3.52. The minimum absolute atomic E-state index is 0.00513. The molecule has 3 heterocycles. The number of aromatic nitrogens is 4. The summed E-state index contributed by atoms with van der Waals surface area (Å²) in [7, 11) is -3.30. The van der Waals surface area contributed by atoms with E-state index in [2.05, 4.69) is 15.6 Å². The first-order valence-corrected chi connectivity index (χ1v) is 16.1. The zero-order valence-corrected chi connectivity index (χ0v) is 23.2. The lowest BCUT2D eigenvalue weighted by Crippen LogP contribution is -2.36. The summed E-state index contributed by atoms with van der Waals surface area (Å²) < 4.78 is 25.6. The van der Waals surface area contributed by atoms with Gasteiger partial charge < -0.3 is 20.8 Å². The maximum absolute atomic E-state index is 12.2. The highest BCUT2D eigenvalue weighted by atomic mass is 32.2. The molecule has 0 saturated heterocycles. The molecule has 0 bridgehead atoms. The fourth-order valence-corrected chi connectivity index (χ4v) is 7.71. The largest absolute Gasteiger partial charge is 0.390 e. The van der Waals surface area contributed by atoms with Gasteiger partial charge in [-0.05, 0) is 51.5 Å². The number of anilines is 2. The molecule has 3 aromatic heterocycles. The Morgan fingerprint density at radius 1 is 1.08 bits per heavy atom. The van der Waals surface area contributed by atoms with Crippen LogP contribution >= 0.6 is 11.3 Å². The number of nitrogens with zero attached hydrogens (tertiary/aromatic N) is 4. The van der Waals surface area contributed by atoms with Crippen molar-refractivity contribution in [1.82, 2.24) is 19.9 Å². The molecule has 3 aliphatic rings. The van der Waals surface area contributed by atoms with Crippen LogP contribution in [-0.4, -0.2) is 74.4 Å². The molecule has 0 spiro atoms. The molecule has 3 fully saturated rings. The van der Waals surface area contributed by atoms with Crippen molar-refractivity contribution in [2.45, 2.75) is 82.6 Å². The quantitative estimate of drug-likeness (QED) is 0.308.